The number of nitrogens with zero attached hydrogens (tertiary/aromatic N) is 3. The molecule has 0 spiro atoms. The lowest BCUT2D eigenvalue weighted by atomic mass is 10.0. The monoisotopic (exact) mass is 407 g/mol. The number of fused-ring (bicyclic) bond motifs is 2. The van der Waals surface area contributed by atoms with Crippen LogP contribution >= 0.6 is 11.3 Å². The number of allylic oxidation sites excluding steroid dienone is 2. The van der Waals surface area contributed by atoms with E-state index in [4.69, 9.17) is 10.1 Å². The van der Waals surface area contributed by atoms with Crippen molar-refractivity contribution in [1.82, 2.24) is 14.6 Å². The van der Waals surface area contributed by atoms with E-state index in [0.717, 1.165) is 62.5 Å². The van der Waals surface area contributed by atoms with Gasteiger partial charge in [0, 0.05) is 10.3 Å². The third-order valence-corrected chi connectivity index (χ3v) is 6.59. The first-order chi connectivity index (χ1) is 13.9. The molecule has 0 saturated carbocycles. The molecule has 0 aliphatic heterocycles. The van der Waals surface area contributed by atoms with Crippen LogP contribution in [0.1, 0.15) is 55.6 Å². The summed E-state index contributed by atoms with van der Waals surface area (Å²) in [5.41, 5.74) is 7.41. The highest BCUT2D eigenvalue weighted by atomic mass is 32.1. The molecule has 3 heterocycles. The quantitative estimate of drug-likeness (QED) is 0.348. The minimum atomic E-state index is -0.204. The fourth-order valence-electron chi connectivity index (χ4n) is 4.03. The van der Waals surface area contributed by atoms with E-state index in [0.29, 0.717) is 0 Å². The van der Waals surface area contributed by atoms with Crippen LogP contribution in [0.25, 0.3) is 31.9 Å². The van der Waals surface area contributed by atoms with Crippen LogP contribution in [0.4, 0.5) is 4.39 Å². The Hall–Kier alpha value is -2.53. The van der Waals surface area contributed by atoms with Crippen molar-refractivity contribution < 1.29 is 4.39 Å². The molecule has 29 heavy (non-hydrogen) atoms. The van der Waals surface area contributed by atoms with E-state index in [1.807, 2.05) is 24.4 Å². The summed E-state index contributed by atoms with van der Waals surface area (Å²) in [6.45, 7) is 10.5. The summed E-state index contributed by atoms with van der Waals surface area (Å²) < 4.78 is 16.9. The Morgan fingerprint density at radius 3 is 2.69 bits per heavy atom. The van der Waals surface area contributed by atoms with Crippen LogP contribution in [0.3, 0.4) is 0 Å². The van der Waals surface area contributed by atoms with E-state index in [9.17, 15) is 4.39 Å². The molecule has 150 valence electrons. The number of thiophene rings is 1. The number of halogens is 1. The summed E-state index contributed by atoms with van der Waals surface area (Å²) in [7, 11) is 0. The van der Waals surface area contributed by atoms with Gasteiger partial charge in [0.25, 0.3) is 0 Å². The highest BCUT2D eigenvalue weighted by Gasteiger charge is 2.21. The van der Waals surface area contributed by atoms with E-state index < -0.39 is 0 Å². The van der Waals surface area contributed by atoms with Gasteiger partial charge in [-0.1, -0.05) is 26.3 Å². The summed E-state index contributed by atoms with van der Waals surface area (Å²) in [6, 6.07) is 7.15. The molecule has 0 aliphatic carbocycles. The first-order valence-electron chi connectivity index (χ1n) is 10.2. The smallest absolute Gasteiger partial charge is 0.162 e. The highest BCUT2D eigenvalue weighted by Crippen LogP contribution is 2.40. The molecule has 5 heteroatoms. The Bertz CT molecular complexity index is 1250. The Kier molecular flexibility index (Phi) is 5.26. The van der Waals surface area contributed by atoms with Crippen molar-refractivity contribution in [3.63, 3.8) is 0 Å². The molecular formula is C24H26FN3S. The fourth-order valence-corrected chi connectivity index (χ4v) is 5.30. The third-order valence-electron chi connectivity index (χ3n) is 5.31. The van der Waals surface area contributed by atoms with Gasteiger partial charge in [-0.05, 0) is 74.4 Å². The summed E-state index contributed by atoms with van der Waals surface area (Å²) >= 11 is 1.68. The van der Waals surface area contributed by atoms with Gasteiger partial charge in [-0.15, -0.1) is 11.3 Å². The van der Waals surface area contributed by atoms with Gasteiger partial charge < -0.3 is 0 Å². The van der Waals surface area contributed by atoms with Crippen molar-refractivity contribution in [2.45, 2.75) is 53.9 Å². The van der Waals surface area contributed by atoms with Gasteiger partial charge >= 0.3 is 0 Å². The lowest BCUT2D eigenvalue weighted by Crippen LogP contribution is -2.01. The molecular weight excluding hydrogens is 381 g/mol. The normalized spacial score (nSPS) is 12.4. The molecule has 0 saturated heterocycles. The van der Waals surface area contributed by atoms with E-state index >= 15 is 0 Å². The summed E-state index contributed by atoms with van der Waals surface area (Å²) in [6.07, 6.45) is 5.41. The van der Waals surface area contributed by atoms with Crippen LogP contribution in [0, 0.1) is 26.6 Å². The summed E-state index contributed by atoms with van der Waals surface area (Å²) in [5.74, 6) is -0.204. The van der Waals surface area contributed by atoms with Crippen LogP contribution in [0.2, 0.25) is 0 Å². The Balaban J connectivity index is 2.02. The molecule has 4 rings (SSSR count). The maximum atomic E-state index is 13.8. The third kappa shape index (κ3) is 3.38. The van der Waals surface area contributed by atoms with E-state index in [2.05, 4.69) is 32.9 Å². The lowest BCUT2D eigenvalue weighted by Gasteiger charge is -2.10. The summed E-state index contributed by atoms with van der Waals surface area (Å²) in [4.78, 5) is 6.04. The van der Waals surface area contributed by atoms with Crippen LogP contribution in [-0.4, -0.2) is 14.6 Å². The van der Waals surface area contributed by atoms with Crippen molar-refractivity contribution in [1.29, 1.82) is 0 Å². The van der Waals surface area contributed by atoms with Crippen LogP contribution in [-0.2, 0) is 0 Å². The predicted octanol–water partition coefficient (Wildman–Crippen LogP) is 7.27. The topological polar surface area (TPSA) is 30.2 Å². The molecule has 0 aliphatic rings. The number of rotatable bonds is 5. The zero-order chi connectivity index (χ0) is 20.7. The average molecular weight is 408 g/mol. The predicted molar refractivity (Wildman–Crippen MR) is 121 cm³/mol. The molecule has 0 N–H and O–H groups in total. The minimum Gasteiger partial charge on any atom is -0.231 e. The zero-order valence-corrected chi connectivity index (χ0v) is 18.5. The number of hydrogen-bond donors (Lipinski definition) is 0. The number of hydrogen-bond acceptors (Lipinski definition) is 3. The molecule has 1 aromatic carbocycles. The first-order valence-corrected chi connectivity index (χ1v) is 11.0. The Morgan fingerprint density at radius 1 is 1.17 bits per heavy atom. The first kappa shape index (κ1) is 19.8. The van der Waals surface area contributed by atoms with Gasteiger partial charge in [-0.3, -0.25) is 0 Å². The molecule has 3 nitrogen and oxygen atoms in total. The number of imidazole rings is 1. The Morgan fingerprint density at radius 2 is 1.97 bits per heavy atom. The zero-order valence-electron chi connectivity index (χ0n) is 17.6. The van der Waals surface area contributed by atoms with Crippen molar-refractivity contribution in [2.75, 3.05) is 0 Å². The second-order valence-electron chi connectivity index (χ2n) is 7.56. The molecule has 3 aromatic heterocycles. The number of aryl methyl sites for hydroxylation is 3. The van der Waals surface area contributed by atoms with Crippen molar-refractivity contribution in [3.8, 4) is 10.6 Å². The van der Waals surface area contributed by atoms with Gasteiger partial charge in [0.1, 0.15) is 11.5 Å². The van der Waals surface area contributed by atoms with Crippen LogP contribution in [0.5, 0.6) is 0 Å². The molecule has 0 unspecified atom stereocenters. The van der Waals surface area contributed by atoms with Crippen LogP contribution in [0.15, 0.2) is 30.3 Å². The molecule has 0 bridgehead atoms. The van der Waals surface area contributed by atoms with Crippen LogP contribution < -0.4 is 0 Å². The SMILES string of the molecule is CC/C=C(\CCC)c1cc(C)nn2c(-c3sc4ccc(F)cc4c3C)c(C)nc12. The number of aromatic nitrogens is 3. The maximum Gasteiger partial charge on any atom is 0.162 e. The Labute approximate surface area is 174 Å². The maximum absolute atomic E-state index is 13.8. The van der Waals surface area contributed by atoms with Gasteiger partial charge in [-0.2, -0.15) is 5.10 Å². The highest BCUT2D eigenvalue weighted by molar-refractivity contribution is 7.22. The van der Waals surface area contributed by atoms with Crippen molar-refractivity contribution >= 4 is 32.6 Å². The molecule has 0 amide bonds. The number of benzene rings is 1. The van der Waals surface area contributed by atoms with Gasteiger partial charge in [0.2, 0.25) is 0 Å². The minimum absolute atomic E-state index is 0.204. The van der Waals surface area contributed by atoms with E-state index in [1.165, 1.54) is 17.2 Å². The second-order valence-corrected chi connectivity index (χ2v) is 8.62. The molecule has 0 atom stereocenters. The standard InChI is InChI=1S/C24H26FN3S/c1-6-8-17(9-7-2)20-12-14(3)27-28-22(16(5)26-24(20)28)23-15(4)19-13-18(25)10-11-21(19)29-23/h8,10-13H,6-7,9H2,1-5H3/b17-8+. The van der Waals surface area contributed by atoms with Crippen molar-refractivity contribution in [3.05, 3.63) is 58.7 Å². The van der Waals surface area contributed by atoms with Gasteiger partial charge in [0.15, 0.2) is 5.65 Å². The average Bonchev–Trinajstić information content (AvgIpc) is 3.17. The molecule has 0 fully saturated rings. The second kappa shape index (κ2) is 7.71. The van der Waals surface area contributed by atoms with E-state index in [1.54, 1.807) is 17.4 Å². The lowest BCUT2D eigenvalue weighted by molar-refractivity contribution is 0.630. The molecule has 4 aromatic rings. The van der Waals surface area contributed by atoms with Gasteiger partial charge in [-0.25, -0.2) is 13.9 Å². The largest absolute Gasteiger partial charge is 0.231 e. The fraction of sp³-hybridized carbons (Fsp3) is 0.333. The summed E-state index contributed by atoms with van der Waals surface area (Å²) in [5, 5.41) is 5.79. The van der Waals surface area contributed by atoms with Gasteiger partial charge in [0.05, 0.1) is 16.3 Å². The molecule has 0 radical (unpaired) electrons. The van der Waals surface area contributed by atoms with E-state index in [-0.39, 0.29) is 5.82 Å². The van der Waals surface area contributed by atoms with Crippen molar-refractivity contribution in [2.24, 2.45) is 0 Å².